The van der Waals surface area contributed by atoms with E-state index in [9.17, 15) is 9.59 Å². The number of carbonyl (C=O) groups is 1. The van der Waals surface area contributed by atoms with Gasteiger partial charge in [0, 0.05) is 11.6 Å². The highest BCUT2D eigenvalue weighted by Crippen LogP contribution is 2.26. The van der Waals surface area contributed by atoms with Crippen molar-refractivity contribution in [2.45, 2.75) is 0 Å². The number of methoxy groups -OCH3 is 1. The molecular weight excluding hydrogens is 292 g/mol. The number of hydrogen-bond acceptors (Lipinski definition) is 4. The molecule has 0 amide bonds. The van der Waals surface area contributed by atoms with E-state index in [2.05, 4.69) is 4.74 Å². The first-order chi connectivity index (χ1) is 11.2. The Labute approximate surface area is 132 Å². The van der Waals surface area contributed by atoms with Crippen molar-refractivity contribution < 1.29 is 13.9 Å². The van der Waals surface area contributed by atoms with Crippen LogP contribution in [0.4, 0.5) is 0 Å². The summed E-state index contributed by atoms with van der Waals surface area (Å²) in [6, 6.07) is 16.5. The molecular formula is C19H14O4. The third kappa shape index (κ3) is 3.06. The van der Waals surface area contributed by atoms with E-state index in [0.717, 1.165) is 16.5 Å². The van der Waals surface area contributed by atoms with Gasteiger partial charge in [0.05, 0.1) is 12.5 Å². The molecule has 0 bridgehead atoms. The van der Waals surface area contributed by atoms with E-state index < -0.39 is 5.97 Å². The van der Waals surface area contributed by atoms with E-state index in [1.165, 1.54) is 13.2 Å². The van der Waals surface area contributed by atoms with Gasteiger partial charge in [0.1, 0.15) is 5.76 Å². The summed E-state index contributed by atoms with van der Waals surface area (Å²) in [5.41, 5.74) is 1.11. The van der Waals surface area contributed by atoms with Crippen molar-refractivity contribution in [3.63, 3.8) is 0 Å². The predicted molar refractivity (Wildman–Crippen MR) is 89.0 cm³/mol. The molecule has 1 heterocycles. The Bertz CT molecular complexity index is 951. The number of rotatable bonds is 3. The van der Waals surface area contributed by atoms with Gasteiger partial charge in [-0.15, -0.1) is 0 Å². The van der Waals surface area contributed by atoms with Crippen molar-refractivity contribution in [2.24, 2.45) is 0 Å². The lowest BCUT2D eigenvalue weighted by atomic mass is 10.0. The van der Waals surface area contributed by atoms with Gasteiger partial charge in [-0.2, -0.15) is 0 Å². The molecule has 0 saturated heterocycles. The van der Waals surface area contributed by atoms with Crippen LogP contribution in [0.5, 0.6) is 0 Å². The quantitative estimate of drug-likeness (QED) is 0.547. The Morgan fingerprint density at radius 1 is 1.09 bits per heavy atom. The Morgan fingerprint density at radius 3 is 2.65 bits per heavy atom. The van der Waals surface area contributed by atoms with E-state index in [1.54, 1.807) is 18.2 Å². The summed E-state index contributed by atoms with van der Waals surface area (Å²) in [6.07, 6.45) is 2.97. The molecule has 0 spiro atoms. The van der Waals surface area contributed by atoms with E-state index in [0.29, 0.717) is 11.1 Å². The van der Waals surface area contributed by atoms with Gasteiger partial charge in [-0.25, -0.2) is 9.59 Å². The fourth-order valence-corrected chi connectivity index (χ4v) is 2.36. The number of fused-ring (bicyclic) bond motifs is 1. The van der Waals surface area contributed by atoms with Crippen molar-refractivity contribution in [3.8, 4) is 11.3 Å². The Hall–Kier alpha value is -3.14. The summed E-state index contributed by atoms with van der Waals surface area (Å²) in [7, 11) is 1.32. The average Bonchev–Trinajstić information content (AvgIpc) is 2.60. The average molecular weight is 306 g/mol. The zero-order valence-electron chi connectivity index (χ0n) is 12.5. The van der Waals surface area contributed by atoms with Crippen LogP contribution in [0.25, 0.3) is 28.2 Å². The van der Waals surface area contributed by atoms with E-state index in [4.69, 9.17) is 4.42 Å². The molecule has 0 aliphatic heterocycles. The summed E-state index contributed by atoms with van der Waals surface area (Å²) in [4.78, 5) is 23.4. The van der Waals surface area contributed by atoms with Gasteiger partial charge >= 0.3 is 11.6 Å². The van der Waals surface area contributed by atoms with Crippen LogP contribution < -0.4 is 5.63 Å². The fraction of sp³-hybridized carbons (Fsp3) is 0.0526. The highest BCUT2D eigenvalue weighted by atomic mass is 16.5. The maximum Gasteiger partial charge on any atom is 0.344 e. The van der Waals surface area contributed by atoms with Gasteiger partial charge < -0.3 is 9.15 Å². The lowest BCUT2D eigenvalue weighted by Crippen LogP contribution is -2.00. The second kappa shape index (κ2) is 6.32. The van der Waals surface area contributed by atoms with Crippen molar-refractivity contribution in [1.29, 1.82) is 0 Å². The smallest absolute Gasteiger partial charge is 0.344 e. The number of carbonyl (C=O) groups excluding carboxylic acids is 1. The van der Waals surface area contributed by atoms with Crippen molar-refractivity contribution >= 4 is 22.8 Å². The highest BCUT2D eigenvalue weighted by Gasteiger charge is 2.09. The maximum absolute atomic E-state index is 12.1. The third-order valence-corrected chi connectivity index (χ3v) is 3.50. The van der Waals surface area contributed by atoms with Crippen LogP contribution in [-0.4, -0.2) is 13.1 Å². The second-order valence-corrected chi connectivity index (χ2v) is 4.93. The first-order valence-electron chi connectivity index (χ1n) is 7.07. The molecule has 0 aliphatic carbocycles. The Kier molecular flexibility index (Phi) is 4.06. The summed E-state index contributed by atoms with van der Waals surface area (Å²) in [5, 5.41) is 1.35. The fourth-order valence-electron chi connectivity index (χ4n) is 2.36. The van der Waals surface area contributed by atoms with Gasteiger partial charge in [0.25, 0.3) is 0 Å². The van der Waals surface area contributed by atoms with Crippen LogP contribution in [0.1, 0.15) is 5.56 Å². The highest BCUT2D eigenvalue weighted by molar-refractivity contribution is 5.90. The summed E-state index contributed by atoms with van der Waals surface area (Å²) in [5.74, 6) is 0.0126. The van der Waals surface area contributed by atoms with Crippen LogP contribution >= 0.6 is 0 Å². The largest absolute Gasteiger partial charge is 0.466 e. The molecule has 3 rings (SSSR count). The van der Waals surface area contributed by atoms with Gasteiger partial charge in [0.2, 0.25) is 0 Å². The van der Waals surface area contributed by atoms with E-state index in [1.807, 2.05) is 42.5 Å². The molecule has 3 aromatic rings. The van der Waals surface area contributed by atoms with Gasteiger partial charge in [0.15, 0.2) is 0 Å². The second-order valence-electron chi connectivity index (χ2n) is 4.93. The molecule has 114 valence electrons. The topological polar surface area (TPSA) is 56.5 Å². The minimum atomic E-state index is -0.445. The molecule has 4 heteroatoms. The van der Waals surface area contributed by atoms with E-state index >= 15 is 0 Å². The molecule has 2 aromatic carbocycles. The number of hydrogen-bond donors (Lipinski definition) is 0. The number of esters is 1. The zero-order valence-corrected chi connectivity index (χ0v) is 12.5. The molecule has 4 nitrogen and oxygen atoms in total. The first-order valence-corrected chi connectivity index (χ1v) is 7.07. The molecule has 1 aromatic heterocycles. The molecule has 23 heavy (non-hydrogen) atoms. The normalized spacial score (nSPS) is 11.0. The van der Waals surface area contributed by atoms with Crippen LogP contribution in [-0.2, 0) is 9.53 Å². The van der Waals surface area contributed by atoms with Crippen molar-refractivity contribution in [2.75, 3.05) is 7.11 Å². The van der Waals surface area contributed by atoms with Gasteiger partial charge in [-0.3, -0.25) is 0 Å². The molecule has 0 fully saturated rings. The van der Waals surface area contributed by atoms with E-state index in [-0.39, 0.29) is 5.63 Å². The number of ether oxygens (including phenoxy) is 1. The van der Waals surface area contributed by atoms with Crippen LogP contribution in [0.15, 0.2) is 69.9 Å². The molecule has 0 aliphatic rings. The monoisotopic (exact) mass is 306 g/mol. The standard InChI is InChI=1S/C19H14O4/c1-22-18(20)11-10-13-6-2-4-8-15(13)17-12-14-7-3-5-9-16(14)19(21)23-17/h2-12H,1H3/b11-10+. The maximum atomic E-state index is 12.1. The molecule has 0 radical (unpaired) electrons. The minimum Gasteiger partial charge on any atom is -0.466 e. The van der Waals surface area contributed by atoms with Crippen LogP contribution in [0.3, 0.4) is 0 Å². The van der Waals surface area contributed by atoms with Crippen molar-refractivity contribution in [1.82, 2.24) is 0 Å². The zero-order chi connectivity index (χ0) is 16.2. The minimum absolute atomic E-state index is 0.384. The predicted octanol–water partition coefficient (Wildman–Crippen LogP) is 3.65. The van der Waals surface area contributed by atoms with Crippen LogP contribution in [0, 0.1) is 0 Å². The third-order valence-electron chi connectivity index (χ3n) is 3.50. The van der Waals surface area contributed by atoms with Gasteiger partial charge in [-0.1, -0.05) is 42.5 Å². The Morgan fingerprint density at radius 2 is 1.83 bits per heavy atom. The molecule has 0 saturated carbocycles. The molecule has 0 unspecified atom stereocenters. The first kappa shape index (κ1) is 14.8. The molecule has 0 atom stereocenters. The molecule has 0 N–H and O–H groups in total. The van der Waals surface area contributed by atoms with Crippen LogP contribution in [0.2, 0.25) is 0 Å². The summed E-state index contributed by atoms with van der Waals surface area (Å²) < 4.78 is 10.0. The van der Waals surface area contributed by atoms with Crippen molar-refractivity contribution in [3.05, 3.63) is 76.7 Å². The Balaban J connectivity index is 2.14. The summed E-state index contributed by atoms with van der Waals surface area (Å²) >= 11 is 0. The lowest BCUT2D eigenvalue weighted by Gasteiger charge is -2.06. The van der Waals surface area contributed by atoms with Gasteiger partial charge in [-0.05, 0) is 29.2 Å². The summed E-state index contributed by atoms with van der Waals surface area (Å²) in [6.45, 7) is 0. The number of benzene rings is 2. The lowest BCUT2D eigenvalue weighted by molar-refractivity contribution is -0.134. The SMILES string of the molecule is COC(=O)/C=C/c1ccccc1-c1cc2ccccc2c(=O)o1.